The van der Waals surface area contributed by atoms with Crippen molar-refractivity contribution in [2.24, 2.45) is 5.92 Å². The first-order chi connectivity index (χ1) is 9.01. The van der Waals surface area contributed by atoms with Crippen LogP contribution in [-0.2, 0) is 0 Å². The van der Waals surface area contributed by atoms with Crippen LogP contribution in [0.2, 0.25) is 0 Å². The highest BCUT2D eigenvalue weighted by molar-refractivity contribution is 5.54. The second-order valence-electron chi connectivity index (χ2n) is 4.61. The molecule has 1 unspecified atom stereocenters. The van der Waals surface area contributed by atoms with Crippen molar-refractivity contribution >= 4 is 17.3 Å². The fourth-order valence-corrected chi connectivity index (χ4v) is 2.17. The summed E-state index contributed by atoms with van der Waals surface area (Å²) in [6.45, 7) is 6.37. The van der Waals surface area contributed by atoms with Crippen LogP contribution in [0.1, 0.15) is 33.6 Å². The molecule has 106 valence electrons. The minimum Gasteiger partial charge on any atom is -0.373 e. The molecule has 0 amide bonds. The second kappa shape index (κ2) is 6.92. The number of anilines is 2. The van der Waals surface area contributed by atoms with Gasteiger partial charge >= 0.3 is 0 Å². The third-order valence-corrected chi connectivity index (χ3v) is 3.41. The highest BCUT2D eigenvalue weighted by Crippen LogP contribution is 2.23. The third kappa shape index (κ3) is 4.08. The molecule has 0 spiro atoms. The highest BCUT2D eigenvalue weighted by atomic mass is 16.6. The topological polar surface area (TPSA) is 80.1 Å². The number of hydrogen-bond donors (Lipinski definition) is 2. The summed E-state index contributed by atoms with van der Waals surface area (Å²) in [4.78, 5) is 14.8. The van der Waals surface area contributed by atoms with Crippen molar-refractivity contribution in [2.75, 3.05) is 17.7 Å². The Morgan fingerprint density at radius 3 is 2.37 bits per heavy atom. The standard InChI is InChI=1S/C13H22N4O2/c1-5-10(6-2)9(3)15-13-8-11(17(18)19)7-12(14-4)16-13/h7-10H,5-6H2,1-4H3,(H2,14,15,16). The molecule has 1 atom stereocenters. The molecular weight excluding hydrogens is 244 g/mol. The van der Waals surface area contributed by atoms with Gasteiger partial charge in [-0.3, -0.25) is 10.1 Å². The zero-order chi connectivity index (χ0) is 14.4. The summed E-state index contributed by atoms with van der Waals surface area (Å²) >= 11 is 0. The lowest BCUT2D eigenvalue weighted by atomic mass is 9.95. The molecule has 2 N–H and O–H groups in total. The van der Waals surface area contributed by atoms with E-state index in [0.717, 1.165) is 12.8 Å². The number of aromatic nitrogens is 1. The molecule has 1 aromatic rings. The normalized spacial score (nSPS) is 12.3. The van der Waals surface area contributed by atoms with Gasteiger partial charge in [-0.1, -0.05) is 26.7 Å². The number of hydrogen-bond acceptors (Lipinski definition) is 5. The van der Waals surface area contributed by atoms with Gasteiger partial charge in [-0.25, -0.2) is 4.98 Å². The summed E-state index contributed by atoms with van der Waals surface area (Å²) in [6, 6.07) is 3.13. The van der Waals surface area contributed by atoms with Gasteiger partial charge in [0.05, 0.1) is 17.1 Å². The van der Waals surface area contributed by atoms with Crippen molar-refractivity contribution in [3.05, 3.63) is 22.2 Å². The van der Waals surface area contributed by atoms with Crippen molar-refractivity contribution in [3.63, 3.8) is 0 Å². The minimum atomic E-state index is -0.407. The molecule has 0 radical (unpaired) electrons. The van der Waals surface area contributed by atoms with Crippen LogP contribution in [0.4, 0.5) is 17.3 Å². The van der Waals surface area contributed by atoms with Crippen LogP contribution in [0.25, 0.3) is 0 Å². The molecule has 0 saturated carbocycles. The average Bonchev–Trinajstić information content (AvgIpc) is 2.39. The number of nitrogens with zero attached hydrogens (tertiary/aromatic N) is 2. The molecule has 0 fully saturated rings. The lowest BCUT2D eigenvalue weighted by Crippen LogP contribution is -2.25. The van der Waals surface area contributed by atoms with E-state index in [9.17, 15) is 10.1 Å². The highest BCUT2D eigenvalue weighted by Gasteiger charge is 2.16. The fraction of sp³-hybridized carbons (Fsp3) is 0.615. The van der Waals surface area contributed by atoms with Crippen LogP contribution in [0.5, 0.6) is 0 Å². The van der Waals surface area contributed by atoms with Gasteiger partial charge < -0.3 is 10.6 Å². The van der Waals surface area contributed by atoms with E-state index in [1.807, 2.05) is 0 Å². The number of nitrogens with one attached hydrogen (secondary N) is 2. The summed E-state index contributed by atoms with van der Waals surface area (Å²) < 4.78 is 0. The molecule has 1 aromatic heterocycles. The van der Waals surface area contributed by atoms with Gasteiger partial charge in [-0.2, -0.15) is 0 Å². The smallest absolute Gasteiger partial charge is 0.276 e. The Labute approximate surface area is 113 Å². The Morgan fingerprint density at radius 1 is 1.32 bits per heavy atom. The molecule has 6 heteroatoms. The molecule has 6 nitrogen and oxygen atoms in total. The maximum atomic E-state index is 10.9. The molecular formula is C13H22N4O2. The quantitative estimate of drug-likeness (QED) is 0.585. The van der Waals surface area contributed by atoms with E-state index in [-0.39, 0.29) is 11.7 Å². The molecule has 0 aliphatic rings. The van der Waals surface area contributed by atoms with Gasteiger partial charge in [0.25, 0.3) is 5.69 Å². The average molecular weight is 266 g/mol. The zero-order valence-electron chi connectivity index (χ0n) is 11.9. The predicted molar refractivity (Wildman–Crippen MR) is 77.6 cm³/mol. The van der Waals surface area contributed by atoms with Crippen molar-refractivity contribution in [1.29, 1.82) is 0 Å². The van der Waals surface area contributed by atoms with Gasteiger partial charge in [0.15, 0.2) is 0 Å². The van der Waals surface area contributed by atoms with E-state index in [1.54, 1.807) is 7.05 Å². The zero-order valence-corrected chi connectivity index (χ0v) is 11.9. The first kappa shape index (κ1) is 15.2. The first-order valence-corrected chi connectivity index (χ1v) is 6.62. The Kier molecular flexibility index (Phi) is 5.54. The Bertz CT molecular complexity index is 433. The number of rotatable bonds is 7. The summed E-state index contributed by atoms with van der Waals surface area (Å²) in [5.74, 6) is 1.56. The molecule has 0 aliphatic heterocycles. The van der Waals surface area contributed by atoms with E-state index in [4.69, 9.17) is 0 Å². The van der Waals surface area contributed by atoms with Gasteiger partial charge in [0.1, 0.15) is 11.6 Å². The Balaban J connectivity index is 2.93. The van der Waals surface area contributed by atoms with E-state index in [1.165, 1.54) is 12.1 Å². The minimum absolute atomic E-state index is 0.0404. The van der Waals surface area contributed by atoms with E-state index < -0.39 is 4.92 Å². The van der Waals surface area contributed by atoms with Gasteiger partial charge in [0, 0.05) is 13.1 Å². The molecule has 1 heterocycles. The second-order valence-corrected chi connectivity index (χ2v) is 4.61. The number of pyridine rings is 1. The molecule has 0 saturated heterocycles. The van der Waals surface area contributed by atoms with E-state index in [0.29, 0.717) is 17.6 Å². The molecule has 0 bridgehead atoms. The van der Waals surface area contributed by atoms with Crippen molar-refractivity contribution in [2.45, 2.75) is 39.7 Å². The van der Waals surface area contributed by atoms with E-state index in [2.05, 4.69) is 36.4 Å². The van der Waals surface area contributed by atoms with Crippen molar-refractivity contribution in [1.82, 2.24) is 4.98 Å². The SMILES string of the molecule is CCC(CC)C(C)Nc1cc([N+](=O)[O-])cc(NC)n1. The van der Waals surface area contributed by atoms with Crippen LogP contribution in [0, 0.1) is 16.0 Å². The van der Waals surface area contributed by atoms with Crippen molar-refractivity contribution in [3.8, 4) is 0 Å². The molecule has 0 aliphatic carbocycles. The third-order valence-electron chi connectivity index (χ3n) is 3.41. The molecule has 0 aromatic carbocycles. The van der Waals surface area contributed by atoms with Crippen LogP contribution in [-0.4, -0.2) is 23.0 Å². The van der Waals surface area contributed by atoms with Gasteiger partial charge in [0.2, 0.25) is 0 Å². The summed E-state index contributed by atoms with van der Waals surface area (Å²) in [5.41, 5.74) is 0.0404. The lowest BCUT2D eigenvalue weighted by Gasteiger charge is -2.23. The van der Waals surface area contributed by atoms with Crippen LogP contribution in [0.3, 0.4) is 0 Å². The van der Waals surface area contributed by atoms with Crippen LogP contribution in [0.15, 0.2) is 12.1 Å². The van der Waals surface area contributed by atoms with Gasteiger partial charge in [-0.05, 0) is 12.8 Å². The largest absolute Gasteiger partial charge is 0.373 e. The lowest BCUT2D eigenvalue weighted by molar-refractivity contribution is -0.384. The Morgan fingerprint density at radius 2 is 1.89 bits per heavy atom. The maximum Gasteiger partial charge on any atom is 0.276 e. The summed E-state index contributed by atoms with van der Waals surface area (Å²) in [7, 11) is 1.69. The fourth-order valence-electron chi connectivity index (χ4n) is 2.17. The Hall–Kier alpha value is -1.85. The van der Waals surface area contributed by atoms with Crippen molar-refractivity contribution < 1.29 is 4.92 Å². The molecule has 1 rings (SSSR count). The first-order valence-electron chi connectivity index (χ1n) is 6.62. The summed E-state index contributed by atoms with van der Waals surface area (Å²) in [6.07, 6.45) is 2.14. The van der Waals surface area contributed by atoms with Crippen LogP contribution >= 0.6 is 0 Å². The van der Waals surface area contributed by atoms with Gasteiger partial charge in [-0.15, -0.1) is 0 Å². The maximum absolute atomic E-state index is 10.9. The summed E-state index contributed by atoms with van der Waals surface area (Å²) in [5, 5.41) is 17.0. The predicted octanol–water partition coefficient (Wildman–Crippen LogP) is 3.27. The molecule has 19 heavy (non-hydrogen) atoms. The monoisotopic (exact) mass is 266 g/mol. The van der Waals surface area contributed by atoms with Crippen LogP contribution < -0.4 is 10.6 Å². The van der Waals surface area contributed by atoms with E-state index >= 15 is 0 Å². The number of nitro groups is 1.